The predicted octanol–water partition coefficient (Wildman–Crippen LogP) is 3.79. The molecule has 8 nitrogen and oxygen atoms in total. The van der Waals surface area contributed by atoms with Gasteiger partial charge in [0.25, 0.3) is 0 Å². The number of ketones is 1. The van der Waals surface area contributed by atoms with Crippen LogP contribution < -0.4 is 10.1 Å². The second kappa shape index (κ2) is 14.7. The highest BCUT2D eigenvalue weighted by Crippen LogP contribution is 2.35. The minimum atomic E-state index is -3.67. The van der Waals surface area contributed by atoms with Crippen LogP contribution in [0.1, 0.15) is 63.0 Å². The van der Waals surface area contributed by atoms with E-state index in [1.54, 1.807) is 40.1 Å². The summed E-state index contributed by atoms with van der Waals surface area (Å²) in [6.45, 7) is 10.8. The van der Waals surface area contributed by atoms with Crippen LogP contribution in [0.25, 0.3) is 0 Å². The van der Waals surface area contributed by atoms with Gasteiger partial charge in [-0.2, -0.15) is 4.31 Å². The van der Waals surface area contributed by atoms with Crippen LogP contribution in [0, 0.1) is 25.7 Å². The van der Waals surface area contributed by atoms with Gasteiger partial charge in [-0.05, 0) is 87.7 Å². The van der Waals surface area contributed by atoms with Gasteiger partial charge in [0.15, 0.2) is 5.78 Å². The number of likely N-dealkylation sites (N-methyl/N-ethyl adjacent to an activating group) is 1. The zero-order chi connectivity index (χ0) is 27.7. The molecule has 1 saturated carbocycles. The average molecular weight is 552 g/mol. The third kappa shape index (κ3) is 8.49. The molecule has 0 spiro atoms. The second-order valence-electron chi connectivity index (χ2n) is 11.2. The monoisotopic (exact) mass is 551 g/mol. The number of hydrogen-bond acceptors (Lipinski definition) is 7. The Labute approximate surface area is 230 Å². The topological polar surface area (TPSA) is 88.2 Å². The summed E-state index contributed by atoms with van der Waals surface area (Å²) in [7, 11) is -0.558. The van der Waals surface area contributed by atoms with E-state index >= 15 is 0 Å². The van der Waals surface area contributed by atoms with Crippen molar-refractivity contribution >= 4 is 15.8 Å². The summed E-state index contributed by atoms with van der Waals surface area (Å²) in [5.74, 6) is 1.94. The van der Waals surface area contributed by atoms with E-state index in [1.807, 2.05) is 0 Å². The molecule has 2 aliphatic rings. The Balaban J connectivity index is 1.38. The van der Waals surface area contributed by atoms with Crippen LogP contribution in [0.15, 0.2) is 17.0 Å². The summed E-state index contributed by atoms with van der Waals surface area (Å²) in [4.78, 5) is 15.5. The number of Topliss-reactive ketones (excluding diaryl/α,β-unsaturated/α-hetero) is 1. The molecule has 3 rings (SSSR count). The van der Waals surface area contributed by atoms with Crippen LogP contribution in [-0.2, 0) is 19.6 Å². The lowest BCUT2D eigenvalue weighted by Gasteiger charge is -2.39. The summed E-state index contributed by atoms with van der Waals surface area (Å²) in [5, 5.41) is 3.51. The number of nitrogens with zero attached hydrogens (tertiary/aromatic N) is 2. The largest absolute Gasteiger partial charge is 0.497 e. The van der Waals surface area contributed by atoms with Crippen LogP contribution in [0.5, 0.6) is 5.75 Å². The number of carbonyl (C=O) groups excluding carboxylic acids is 1. The van der Waals surface area contributed by atoms with Crippen molar-refractivity contribution in [2.45, 2.75) is 76.7 Å². The number of methoxy groups -OCH3 is 1. The fourth-order valence-electron chi connectivity index (χ4n) is 6.07. The van der Waals surface area contributed by atoms with Gasteiger partial charge in [0, 0.05) is 39.1 Å². The highest BCUT2D eigenvalue weighted by molar-refractivity contribution is 7.89. The first-order chi connectivity index (χ1) is 18.1. The first kappa shape index (κ1) is 31.0. The van der Waals surface area contributed by atoms with Gasteiger partial charge in [-0.1, -0.05) is 19.8 Å². The molecule has 2 fully saturated rings. The quantitative estimate of drug-likeness (QED) is 0.373. The Morgan fingerprint density at radius 3 is 2.61 bits per heavy atom. The number of carbonyl (C=O) groups is 1. The molecule has 1 aliphatic carbocycles. The lowest BCUT2D eigenvalue weighted by atomic mass is 9.76. The average Bonchev–Trinajstić information content (AvgIpc) is 3.18. The van der Waals surface area contributed by atoms with Crippen LogP contribution in [0.4, 0.5) is 0 Å². The zero-order valence-corrected chi connectivity index (χ0v) is 24.9. The number of benzene rings is 1. The Morgan fingerprint density at radius 1 is 1.16 bits per heavy atom. The summed E-state index contributed by atoms with van der Waals surface area (Å²) in [5.41, 5.74) is 1.29. The summed E-state index contributed by atoms with van der Waals surface area (Å²) in [6.07, 6.45) is 7.75. The van der Waals surface area contributed by atoms with Crippen LogP contribution in [0.2, 0.25) is 0 Å². The van der Waals surface area contributed by atoms with E-state index in [-0.39, 0.29) is 25.5 Å². The van der Waals surface area contributed by atoms with E-state index in [0.717, 1.165) is 26.1 Å². The molecule has 1 N–H and O–H groups in total. The minimum Gasteiger partial charge on any atom is -0.497 e. The minimum absolute atomic E-state index is 0.0370. The molecule has 38 heavy (non-hydrogen) atoms. The van der Waals surface area contributed by atoms with Gasteiger partial charge in [0.1, 0.15) is 12.4 Å². The van der Waals surface area contributed by atoms with Gasteiger partial charge < -0.3 is 14.8 Å². The molecular formula is C29H49N3O5S. The summed E-state index contributed by atoms with van der Waals surface area (Å²) >= 11 is 0. The maximum atomic E-state index is 13.1. The predicted molar refractivity (Wildman–Crippen MR) is 151 cm³/mol. The summed E-state index contributed by atoms with van der Waals surface area (Å²) in [6, 6.07) is 4.14. The van der Waals surface area contributed by atoms with Crippen molar-refractivity contribution in [2.24, 2.45) is 11.8 Å². The highest BCUT2D eigenvalue weighted by atomic mass is 32.2. The van der Waals surface area contributed by atoms with Crippen LogP contribution in [-0.4, -0.2) is 89.5 Å². The zero-order valence-electron chi connectivity index (χ0n) is 24.1. The fourth-order valence-corrected chi connectivity index (χ4v) is 7.63. The number of rotatable bonds is 13. The Hall–Kier alpha value is -1.52. The third-order valence-corrected chi connectivity index (χ3v) is 10.6. The molecule has 3 atom stereocenters. The van der Waals surface area contributed by atoms with Gasteiger partial charge in [-0.15, -0.1) is 0 Å². The normalized spacial score (nSPS) is 22.3. The van der Waals surface area contributed by atoms with E-state index in [2.05, 4.69) is 17.1 Å². The van der Waals surface area contributed by atoms with Gasteiger partial charge in [0.05, 0.1) is 18.6 Å². The molecule has 1 aromatic rings. The second-order valence-corrected chi connectivity index (χ2v) is 13.2. The number of ether oxygens (including phenoxy) is 2. The fraction of sp³-hybridized carbons (Fsp3) is 0.759. The van der Waals surface area contributed by atoms with Gasteiger partial charge in [-0.25, -0.2) is 8.42 Å². The van der Waals surface area contributed by atoms with Crippen molar-refractivity contribution in [2.75, 3.05) is 60.1 Å². The molecule has 0 amide bonds. The van der Waals surface area contributed by atoms with E-state index in [9.17, 15) is 13.2 Å². The summed E-state index contributed by atoms with van der Waals surface area (Å²) < 4.78 is 38.4. The van der Waals surface area contributed by atoms with Crippen LogP contribution >= 0.6 is 0 Å². The van der Waals surface area contributed by atoms with Crippen molar-refractivity contribution in [3.8, 4) is 5.75 Å². The molecular weight excluding hydrogens is 502 g/mol. The van der Waals surface area contributed by atoms with Crippen molar-refractivity contribution in [3.05, 3.63) is 23.3 Å². The van der Waals surface area contributed by atoms with E-state index in [4.69, 9.17) is 9.47 Å². The first-order valence-electron chi connectivity index (χ1n) is 14.3. The SMILES string of the molecule is COc1cc(C)c(S(=O)(=O)N(C)CCOCC(=O)CCC(C)C2CCCC(N3CCCNCC3)C2)c(C)c1. The molecule has 0 radical (unpaired) electrons. The lowest BCUT2D eigenvalue weighted by Crippen LogP contribution is -2.41. The highest BCUT2D eigenvalue weighted by Gasteiger charge is 2.30. The molecule has 3 unspecified atom stereocenters. The van der Waals surface area contributed by atoms with Crippen molar-refractivity contribution < 1.29 is 22.7 Å². The molecule has 9 heteroatoms. The van der Waals surface area contributed by atoms with Gasteiger partial charge in [-0.3, -0.25) is 9.69 Å². The molecule has 0 bridgehead atoms. The van der Waals surface area contributed by atoms with Crippen LogP contribution in [0.3, 0.4) is 0 Å². The Bertz CT molecular complexity index is 984. The van der Waals surface area contributed by atoms with Crippen molar-refractivity contribution in [1.82, 2.24) is 14.5 Å². The number of sulfonamides is 1. The molecule has 1 saturated heterocycles. The molecule has 1 aromatic carbocycles. The lowest BCUT2D eigenvalue weighted by molar-refractivity contribution is -0.124. The molecule has 216 valence electrons. The number of aryl methyl sites for hydroxylation is 2. The smallest absolute Gasteiger partial charge is 0.243 e. The Kier molecular flexibility index (Phi) is 12.0. The molecule has 0 aromatic heterocycles. The van der Waals surface area contributed by atoms with E-state index < -0.39 is 10.0 Å². The number of nitrogens with one attached hydrogen (secondary N) is 1. The maximum absolute atomic E-state index is 13.1. The first-order valence-corrected chi connectivity index (χ1v) is 15.7. The molecule has 1 heterocycles. The maximum Gasteiger partial charge on any atom is 0.243 e. The van der Waals surface area contributed by atoms with E-state index in [1.165, 1.54) is 43.0 Å². The van der Waals surface area contributed by atoms with Gasteiger partial charge >= 0.3 is 0 Å². The Morgan fingerprint density at radius 2 is 1.89 bits per heavy atom. The van der Waals surface area contributed by atoms with Crippen molar-refractivity contribution in [3.63, 3.8) is 0 Å². The van der Waals surface area contributed by atoms with Gasteiger partial charge in [0.2, 0.25) is 10.0 Å². The van der Waals surface area contributed by atoms with E-state index in [0.29, 0.717) is 46.1 Å². The standard InChI is InChI=1S/C29H49N3O5S/c1-22(25-8-6-9-26(20-25)32-14-7-12-30-13-15-32)10-11-27(33)21-37-17-16-31(4)38(34,35)29-23(2)18-28(36-5)19-24(29)3/h18-19,22,25-26,30H,6-17,20-21H2,1-5H3. The third-order valence-electron chi connectivity index (χ3n) is 8.41. The molecule has 1 aliphatic heterocycles. The number of hydrogen-bond donors (Lipinski definition) is 1. The van der Waals surface area contributed by atoms with Crippen molar-refractivity contribution in [1.29, 1.82) is 0 Å².